The van der Waals surface area contributed by atoms with E-state index in [0.29, 0.717) is 6.04 Å². The number of aromatic nitrogens is 2. The van der Waals surface area contributed by atoms with Crippen LogP contribution in [0.1, 0.15) is 6.42 Å². The van der Waals surface area contributed by atoms with Crippen molar-refractivity contribution in [3.05, 3.63) is 17.0 Å². The van der Waals surface area contributed by atoms with Gasteiger partial charge in [0.25, 0.3) is 0 Å². The monoisotopic (exact) mass is 259 g/mol. The van der Waals surface area contributed by atoms with Gasteiger partial charge in [0.2, 0.25) is 0 Å². The van der Waals surface area contributed by atoms with Crippen molar-refractivity contribution in [3.63, 3.8) is 0 Å². The Bertz CT molecular complexity index is 288. The number of thioether (sulfide) groups is 1. The van der Waals surface area contributed by atoms with E-state index in [-0.39, 0.29) is 0 Å². The Labute approximate surface area is 89.9 Å². The van der Waals surface area contributed by atoms with Crippen LogP contribution in [0.15, 0.2) is 17.0 Å². The molecule has 0 amide bonds. The van der Waals surface area contributed by atoms with Crippen molar-refractivity contribution in [3.8, 4) is 0 Å². The molecular weight excluding hydrogens is 250 g/mol. The number of rotatable bonds is 2. The van der Waals surface area contributed by atoms with Crippen LogP contribution in [0.3, 0.4) is 0 Å². The molecule has 0 saturated carbocycles. The first-order chi connectivity index (χ1) is 6.34. The van der Waals surface area contributed by atoms with Gasteiger partial charge in [0.15, 0.2) is 0 Å². The van der Waals surface area contributed by atoms with Gasteiger partial charge in [-0.05, 0) is 28.1 Å². The van der Waals surface area contributed by atoms with E-state index in [0.717, 1.165) is 10.4 Å². The highest BCUT2D eigenvalue weighted by atomic mass is 79.9. The molecule has 2 heterocycles. The normalized spacial score (nSPS) is 21.8. The lowest BCUT2D eigenvalue weighted by atomic mass is 10.2. The summed E-state index contributed by atoms with van der Waals surface area (Å²) in [5.41, 5.74) is 0. The third-order valence-corrected chi connectivity index (χ3v) is 3.51. The Balaban J connectivity index is 2.00. The van der Waals surface area contributed by atoms with Crippen molar-refractivity contribution in [1.29, 1.82) is 0 Å². The van der Waals surface area contributed by atoms with Gasteiger partial charge in [-0.15, -0.1) is 0 Å². The molecule has 1 N–H and O–H groups in total. The van der Waals surface area contributed by atoms with Crippen LogP contribution >= 0.6 is 27.7 Å². The SMILES string of the molecule is Brc1cc(NC2CCSC2)ncn1. The molecule has 13 heavy (non-hydrogen) atoms. The summed E-state index contributed by atoms with van der Waals surface area (Å²) in [5.74, 6) is 3.35. The highest BCUT2D eigenvalue weighted by Gasteiger charge is 2.15. The Morgan fingerprint density at radius 2 is 2.46 bits per heavy atom. The standard InChI is InChI=1S/C8H10BrN3S/c9-7-3-8(11-5-10-7)12-6-1-2-13-4-6/h3,5-6H,1-2,4H2,(H,10,11,12). The molecule has 0 radical (unpaired) electrons. The zero-order chi connectivity index (χ0) is 9.10. The Morgan fingerprint density at radius 1 is 1.54 bits per heavy atom. The van der Waals surface area contributed by atoms with Crippen LogP contribution in [0.4, 0.5) is 5.82 Å². The number of hydrogen-bond acceptors (Lipinski definition) is 4. The molecule has 0 aromatic carbocycles. The third kappa shape index (κ3) is 2.57. The molecule has 1 fully saturated rings. The predicted octanol–water partition coefficient (Wildman–Crippen LogP) is 2.16. The van der Waals surface area contributed by atoms with Gasteiger partial charge in [0, 0.05) is 17.9 Å². The summed E-state index contributed by atoms with van der Waals surface area (Å²) in [6.07, 6.45) is 2.79. The molecule has 0 bridgehead atoms. The first-order valence-electron chi connectivity index (χ1n) is 4.16. The third-order valence-electron chi connectivity index (χ3n) is 1.92. The van der Waals surface area contributed by atoms with Gasteiger partial charge in [-0.1, -0.05) is 0 Å². The molecular formula is C8H10BrN3S. The zero-order valence-electron chi connectivity index (χ0n) is 7.03. The number of nitrogens with zero attached hydrogens (tertiary/aromatic N) is 2. The van der Waals surface area contributed by atoms with Crippen LogP contribution in [-0.4, -0.2) is 27.5 Å². The second-order valence-corrected chi connectivity index (χ2v) is 4.89. The number of anilines is 1. The Kier molecular flexibility index (Phi) is 3.05. The van der Waals surface area contributed by atoms with Gasteiger partial charge in [-0.2, -0.15) is 11.8 Å². The summed E-state index contributed by atoms with van der Waals surface area (Å²) in [5, 5.41) is 3.38. The van der Waals surface area contributed by atoms with Crippen LogP contribution in [0.5, 0.6) is 0 Å². The average molecular weight is 260 g/mol. The Hall–Kier alpha value is -0.290. The first kappa shape index (κ1) is 9.27. The summed E-state index contributed by atoms with van der Waals surface area (Å²) in [6, 6.07) is 2.48. The molecule has 1 saturated heterocycles. The maximum atomic E-state index is 4.14. The minimum atomic E-state index is 0.576. The van der Waals surface area contributed by atoms with E-state index in [1.165, 1.54) is 17.9 Å². The lowest BCUT2D eigenvalue weighted by Crippen LogP contribution is -2.18. The van der Waals surface area contributed by atoms with E-state index in [9.17, 15) is 0 Å². The van der Waals surface area contributed by atoms with E-state index in [4.69, 9.17) is 0 Å². The summed E-state index contributed by atoms with van der Waals surface area (Å²) in [4.78, 5) is 8.12. The second-order valence-electron chi connectivity index (χ2n) is 2.93. The smallest absolute Gasteiger partial charge is 0.130 e. The van der Waals surface area contributed by atoms with Crippen LogP contribution in [0.25, 0.3) is 0 Å². The number of halogens is 1. The number of nitrogens with one attached hydrogen (secondary N) is 1. The molecule has 1 unspecified atom stereocenters. The van der Waals surface area contributed by atoms with Crippen molar-refractivity contribution >= 4 is 33.5 Å². The van der Waals surface area contributed by atoms with Crippen LogP contribution in [0, 0.1) is 0 Å². The molecule has 0 aliphatic carbocycles. The average Bonchev–Trinajstić information content (AvgIpc) is 2.57. The molecule has 5 heteroatoms. The van der Waals surface area contributed by atoms with E-state index < -0.39 is 0 Å². The van der Waals surface area contributed by atoms with Gasteiger partial charge in [-0.3, -0.25) is 0 Å². The van der Waals surface area contributed by atoms with Crippen molar-refractivity contribution in [2.75, 3.05) is 16.8 Å². The minimum absolute atomic E-state index is 0.576. The van der Waals surface area contributed by atoms with E-state index in [2.05, 4.69) is 31.2 Å². The van der Waals surface area contributed by atoms with Crippen molar-refractivity contribution in [1.82, 2.24) is 9.97 Å². The van der Waals surface area contributed by atoms with Crippen LogP contribution in [0.2, 0.25) is 0 Å². The summed E-state index contributed by atoms with van der Waals surface area (Å²) in [7, 11) is 0. The van der Waals surface area contributed by atoms with Crippen molar-refractivity contribution < 1.29 is 0 Å². The van der Waals surface area contributed by atoms with E-state index in [1.807, 2.05) is 17.8 Å². The second kappa shape index (κ2) is 4.28. The lowest BCUT2D eigenvalue weighted by Gasteiger charge is -2.11. The van der Waals surface area contributed by atoms with Crippen LogP contribution < -0.4 is 5.32 Å². The maximum absolute atomic E-state index is 4.14. The summed E-state index contributed by atoms with van der Waals surface area (Å²) >= 11 is 5.30. The summed E-state index contributed by atoms with van der Waals surface area (Å²) < 4.78 is 0.829. The van der Waals surface area contributed by atoms with Gasteiger partial charge in [-0.25, -0.2) is 9.97 Å². The van der Waals surface area contributed by atoms with Gasteiger partial charge in [0.1, 0.15) is 16.7 Å². The molecule has 1 aliphatic heterocycles. The largest absolute Gasteiger partial charge is 0.366 e. The summed E-state index contributed by atoms with van der Waals surface area (Å²) in [6.45, 7) is 0. The molecule has 1 aromatic heterocycles. The number of hydrogen-bond donors (Lipinski definition) is 1. The van der Waals surface area contributed by atoms with Gasteiger partial charge < -0.3 is 5.32 Å². The lowest BCUT2D eigenvalue weighted by molar-refractivity contribution is 0.805. The maximum Gasteiger partial charge on any atom is 0.130 e. The molecule has 1 aromatic rings. The zero-order valence-corrected chi connectivity index (χ0v) is 9.44. The van der Waals surface area contributed by atoms with Crippen molar-refractivity contribution in [2.45, 2.75) is 12.5 Å². The van der Waals surface area contributed by atoms with E-state index in [1.54, 1.807) is 6.33 Å². The fourth-order valence-corrected chi connectivity index (χ4v) is 2.73. The predicted molar refractivity (Wildman–Crippen MR) is 59.1 cm³/mol. The van der Waals surface area contributed by atoms with Crippen molar-refractivity contribution in [2.24, 2.45) is 0 Å². The molecule has 2 rings (SSSR count). The van der Waals surface area contributed by atoms with Gasteiger partial charge >= 0.3 is 0 Å². The highest BCUT2D eigenvalue weighted by molar-refractivity contribution is 9.10. The Morgan fingerprint density at radius 3 is 3.15 bits per heavy atom. The molecule has 0 spiro atoms. The fourth-order valence-electron chi connectivity index (χ4n) is 1.27. The van der Waals surface area contributed by atoms with Crippen LogP contribution in [-0.2, 0) is 0 Å². The first-order valence-corrected chi connectivity index (χ1v) is 6.11. The topological polar surface area (TPSA) is 37.8 Å². The molecule has 70 valence electrons. The molecule has 1 atom stereocenters. The molecule has 1 aliphatic rings. The highest BCUT2D eigenvalue weighted by Crippen LogP contribution is 2.20. The minimum Gasteiger partial charge on any atom is -0.366 e. The fraction of sp³-hybridized carbons (Fsp3) is 0.500. The quantitative estimate of drug-likeness (QED) is 0.827. The van der Waals surface area contributed by atoms with E-state index >= 15 is 0 Å². The van der Waals surface area contributed by atoms with Gasteiger partial charge in [0.05, 0.1) is 0 Å². The molecule has 3 nitrogen and oxygen atoms in total.